The highest BCUT2D eigenvalue weighted by Crippen LogP contribution is 2.21. The van der Waals surface area contributed by atoms with Gasteiger partial charge in [-0.3, -0.25) is 0 Å². The van der Waals surface area contributed by atoms with Crippen LogP contribution in [-0.4, -0.2) is 11.3 Å². The van der Waals surface area contributed by atoms with Gasteiger partial charge in [-0.1, -0.05) is 35.5 Å². The Balaban J connectivity index is 2.07. The van der Waals surface area contributed by atoms with E-state index >= 15 is 0 Å². The van der Waals surface area contributed by atoms with Crippen LogP contribution in [0.25, 0.3) is 11.3 Å². The van der Waals surface area contributed by atoms with E-state index in [-0.39, 0.29) is 6.61 Å². The highest BCUT2D eigenvalue weighted by atomic mass is 19.3. The molecule has 5 heteroatoms. The van der Waals surface area contributed by atoms with E-state index in [9.17, 15) is 8.78 Å². The lowest BCUT2D eigenvalue weighted by Crippen LogP contribution is -2.14. The first-order valence-corrected chi connectivity index (χ1v) is 5.07. The van der Waals surface area contributed by atoms with E-state index in [1.165, 1.54) is 0 Å². The molecular weight excluding hydrogens is 228 g/mol. The Hall–Kier alpha value is -1.75. The van der Waals surface area contributed by atoms with Gasteiger partial charge in [0.05, 0.1) is 6.61 Å². The van der Waals surface area contributed by atoms with Crippen LogP contribution in [0.15, 0.2) is 40.9 Å². The van der Waals surface area contributed by atoms with Crippen LogP contribution in [0.2, 0.25) is 0 Å². The van der Waals surface area contributed by atoms with Crippen molar-refractivity contribution in [1.82, 2.24) is 5.16 Å². The molecule has 0 amide bonds. The Morgan fingerprint density at radius 2 is 2.00 bits per heavy atom. The van der Waals surface area contributed by atoms with Crippen molar-refractivity contribution in [3.05, 3.63) is 42.1 Å². The van der Waals surface area contributed by atoms with Crippen molar-refractivity contribution >= 4 is 0 Å². The molecule has 0 saturated heterocycles. The van der Waals surface area contributed by atoms with Gasteiger partial charge in [0, 0.05) is 18.6 Å². The zero-order valence-corrected chi connectivity index (χ0v) is 9.19. The molecular formula is C12H11F2NO2. The maximum Gasteiger partial charge on any atom is 0.353 e. The average Bonchev–Trinajstić information content (AvgIpc) is 2.75. The third kappa shape index (κ3) is 3.35. The molecule has 0 aliphatic carbocycles. The average molecular weight is 239 g/mol. The topological polar surface area (TPSA) is 35.3 Å². The molecule has 0 unspecified atom stereocenters. The minimum absolute atomic E-state index is 0.278. The molecule has 0 N–H and O–H groups in total. The van der Waals surface area contributed by atoms with Gasteiger partial charge in [-0.2, -0.15) is 8.78 Å². The predicted molar refractivity (Wildman–Crippen MR) is 57.3 cm³/mol. The summed E-state index contributed by atoms with van der Waals surface area (Å²) < 4.78 is 34.3. The molecule has 0 aliphatic heterocycles. The third-order valence-corrected chi connectivity index (χ3v) is 2.09. The SMILES string of the molecule is CC(F)(F)OCc1cc(-c2ccccc2)on1. The van der Waals surface area contributed by atoms with Crippen molar-refractivity contribution < 1.29 is 18.0 Å². The number of nitrogens with zero attached hydrogens (tertiary/aromatic N) is 1. The summed E-state index contributed by atoms with van der Waals surface area (Å²) in [7, 11) is 0. The summed E-state index contributed by atoms with van der Waals surface area (Å²) in [6, 6.07) is 10.9. The summed E-state index contributed by atoms with van der Waals surface area (Å²) in [5, 5.41) is 3.66. The molecule has 0 bridgehead atoms. The van der Waals surface area contributed by atoms with Crippen LogP contribution in [-0.2, 0) is 11.3 Å². The molecule has 1 aromatic heterocycles. The van der Waals surface area contributed by atoms with Gasteiger partial charge in [0.15, 0.2) is 5.76 Å². The first-order valence-electron chi connectivity index (χ1n) is 5.07. The summed E-state index contributed by atoms with van der Waals surface area (Å²) in [5.41, 5.74) is 1.18. The fourth-order valence-corrected chi connectivity index (χ4v) is 1.32. The Morgan fingerprint density at radius 3 is 2.65 bits per heavy atom. The Bertz CT molecular complexity index is 477. The van der Waals surface area contributed by atoms with Crippen molar-refractivity contribution in [3.63, 3.8) is 0 Å². The van der Waals surface area contributed by atoms with Crippen LogP contribution in [0.5, 0.6) is 0 Å². The van der Waals surface area contributed by atoms with Crippen LogP contribution < -0.4 is 0 Å². The van der Waals surface area contributed by atoms with Gasteiger partial charge >= 0.3 is 6.11 Å². The number of ether oxygens (including phenoxy) is 1. The van der Waals surface area contributed by atoms with Gasteiger partial charge in [-0.25, -0.2) is 0 Å². The molecule has 0 fully saturated rings. The van der Waals surface area contributed by atoms with Gasteiger partial charge in [-0.15, -0.1) is 0 Å². The quantitative estimate of drug-likeness (QED) is 0.819. The maximum atomic E-state index is 12.5. The number of rotatable bonds is 4. The summed E-state index contributed by atoms with van der Waals surface area (Å²) in [6.45, 7) is 0.408. The minimum Gasteiger partial charge on any atom is -0.356 e. The Morgan fingerprint density at radius 1 is 1.29 bits per heavy atom. The molecule has 90 valence electrons. The molecule has 2 aromatic rings. The Kier molecular flexibility index (Phi) is 3.19. The third-order valence-electron chi connectivity index (χ3n) is 2.09. The van der Waals surface area contributed by atoms with Gasteiger partial charge in [0.1, 0.15) is 5.69 Å². The summed E-state index contributed by atoms with van der Waals surface area (Å²) in [5.74, 6) is 0.531. The van der Waals surface area contributed by atoms with E-state index in [1.54, 1.807) is 6.07 Å². The lowest BCUT2D eigenvalue weighted by Gasteiger charge is -2.08. The number of alkyl halides is 2. The zero-order valence-electron chi connectivity index (χ0n) is 9.19. The first kappa shape index (κ1) is 11.7. The standard InChI is InChI=1S/C12H11F2NO2/c1-12(13,14)16-8-10-7-11(17-15-10)9-5-3-2-4-6-9/h2-7H,8H2,1H3. The number of benzene rings is 1. The van der Waals surface area contributed by atoms with Gasteiger partial charge in [-0.05, 0) is 0 Å². The van der Waals surface area contributed by atoms with Crippen LogP contribution >= 0.6 is 0 Å². The normalized spacial score (nSPS) is 11.7. The van der Waals surface area contributed by atoms with Crippen molar-refractivity contribution in [2.24, 2.45) is 0 Å². The van der Waals surface area contributed by atoms with E-state index in [1.807, 2.05) is 30.3 Å². The number of hydrogen-bond donors (Lipinski definition) is 0. The monoisotopic (exact) mass is 239 g/mol. The number of halogens is 2. The highest BCUT2D eigenvalue weighted by molar-refractivity contribution is 5.56. The highest BCUT2D eigenvalue weighted by Gasteiger charge is 2.22. The van der Waals surface area contributed by atoms with Gasteiger partial charge in [0.25, 0.3) is 0 Å². The zero-order chi connectivity index (χ0) is 12.3. The Labute approximate surface area is 97.0 Å². The second kappa shape index (κ2) is 4.63. The van der Waals surface area contributed by atoms with E-state index in [0.717, 1.165) is 5.56 Å². The molecule has 0 atom stereocenters. The number of hydrogen-bond acceptors (Lipinski definition) is 3. The fraction of sp³-hybridized carbons (Fsp3) is 0.250. The summed E-state index contributed by atoms with van der Waals surface area (Å²) in [4.78, 5) is 0. The van der Waals surface area contributed by atoms with Crippen LogP contribution in [0, 0.1) is 0 Å². The van der Waals surface area contributed by atoms with Gasteiger partial charge in [0.2, 0.25) is 0 Å². The predicted octanol–water partition coefficient (Wildman–Crippen LogP) is 3.47. The summed E-state index contributed by atoms with van der Waals surface area (Å²) in [6.07, 6.45) is -3.16. The maximum absolute atomic E-state index is 12.5. The van der Waals surface area contributed by atoms with Gasteiger partial charge < -0.3 is 9.26 Å². The molecule has 0 saturated carbocycles. The second-order valence-corrected chi connectivity index (χ2v) is 3.65. The van der Waals surface area contributed by atoms with Crippen LogP contribution in [0.3, 0.4) is 0 Å². The largest absolute Gasteiger partial charge is 0.356 e. The fourth-order valence-electron chi connectivity index (χ4n) is 1.32. The molecule has 3 nitrogen and oxygen atoms in total. The first-order chi connectivity index (χ1) is 8.04. The molecule has 2 rings (SSSR count). The van der Waals surface area contributed by atoms with Crippen molar-refractivity contribution in [1.29, 1.82) is 0 Å². The van der Waals surface area contributed by atoms with E-state index in [0.29, 0.717) is 18.4 Å². The second-order valence-electron chi connectivity index (χ2n) is 3.65. The molecule has 0 radical (unpaired) electrons. The molecule has 17 heavy (non-hydrogen) atoms. The smallest absolute Gasteiger partial charge is 0.353 e. The molecule has 0 aliphatic rings. The van der Waals surface area contributed by atoms with E-state index < -0.39 is 6.11 Å². The van der Waals surface area contributed by atoms with E-state index in [2.05, 4.69) is 9.89 Å². The molecule has 1 aromatic carbocycles. The van der Waals surface area contributed by atoms with E-state index in [4.69, 9.17) is 4.52 Å². The number of aromatic nitrogens is 1. The van der Waals surface area contributed by atoms with Crippen molar-refractivity contribution in [2.75, 3.05) is 0 Å². The lowest BCUT2D eigenvalue weighted by molar-refractivity contribution is -0.232. The summed E-state index contributed by atoms with van der Waals surface area (Å²) >= 11 is 0. The van der Waals surface area contributed by atoms with Crippen molar-refractivity contribution in [2.45, 2.75) is 19.6 Å². The molecule has 1 heterocycles. The molecule has 0 spiro atoms. The lowest BCUT2D eigenvalue weighted by atomic mass is 10.2. The van der Waals surface area contributed by atoms with Crippen LogP contribution in [0.4, 0.5) is 8.78 Å². The van der Waals surface area contributed by atoms with Crippen molar-refractivity contribution in [3.8, 4) is 11.3 Å². The van der Waals surface area contributed by atoms with Crippen LogP contribution in [0.1, 0.15) is 12.6 Å². The minimum atomic E-state index is -3.16.